The smallest absolute Gasteiger partial charge is 0.249 e. The number of nitrogens with zero attached hydrogens (tertiary/aromatic N) is 1. The van der Waals surface area contributed by atoms with Crippen molar-refractivity contribution in [3.63, 3.8) is 0 Å². The number of hydrogen-bond donors (Lipinski definition) is 2. The van der Waals surface area contributed by atoms with E-state index < -0.39 is 0 Å². The zero-order valence-corrected chi connectivity index (χ0v) is 21.7. The molecule has 1 aromatic rings. The molecule has 1 atom stereocenters. The molecule has 0 saturated carbocycles. The van der Waals surface area contributed by atoms with E-state index in [0.29, 0.717) is 6.04 Å². The van der Waals surface area contributed by atoms with E-state index in [0.717, 1.165) is 25.9 Å². The standard InChI is InChI=1S/C30H52N2O/c1-2-3-4-5-6-7-8-9-10-11-12-13-14-15-16-20-24-32-29(23-25-33)27-31-30(32)26-28-21-18-17-19-22-28/h17-19,21-22,29,33H,2-16,20,23-27H2,1H3/p+1. The van der Waals surface area contributed by atoms with Gasteiger partial charge in [0.05, 0.1) is 13.0 Å². The zero-order chi connectivity index (χ0) is 23.4. The van der Waals surface area contributed by atoms with E-state index in [-0.39, 0.29) is 6.61 Å². The first kappa shape index (κ1) is 27.9. The highest BCUT2D eigenvalue weighted by molar-refractivity contribution is 5.80. The molecular weight excluding hydrogens is 404 g/mol. The number of amidine groups is 1. The van der Waals surface area contributed by atoms with Gasteiger partial charge in [0.15, 0.2) is 0 Å². The Morgan fingerprint density at radius 2 is 1.27 bits per heavy atom. The Labute approximate surface area is 205 Å². The van der Waals surface area contributed by atoms with Gasteiger partial charge in [-0.1, -0.05) is 127 Å². The lowest BCUT2D eigenvalue weighted by Gasteiger charge is -2.12. The van der Waals surface area contributed by atoms with Gasteiger partial charge in [-0.25, -0.2) is 0 Å². The number of hydrogen-bond acceptors (Lipinski definition) is 2. The van der Waals surface area contributed by atoms with Crippen molar-refractivity contribution in [2.45, 2.75) is 129 Å². The minimum Gasteiger partial charge on any atom is -0.396 e. The van der Waals surface area contributed by atoms with E-state index in [4.69, 9.17) is 0 Å². The molecule has 0 amide bonds. The molecule has 2 rings (SSSR count). The molecule has 2 N–H and O–H groups in total. The number of unbranched alkanes of at least 4 members (excludes halogenated alkanes) is 15. The van der Waals surface area contributed by atoms with E-state index >= 15 is 0 Å². The van der Waals surface area contributed by atoms with E-state index in [1.54, 1.807) is 0 Å². The van der Waals surface area contributed by atoms with Crippen molar-refractivity contribution in [1.82, 2.24) is 5.32 Å². The number of aliphatic hydroxyl groups excluding tert-OH is 1. The Kier molecular flexibility index (Phi) is 16.1. The minimum atomic E-state index is 0.278. The van der Waals surface area contributed by atoms with E-state index in [1.807, 2.05) is 0 Å². The van der Waals surface area contributed by atoms with E-state index in [1.165, 1.54) is 114 Å². The van der Waals surface area contributed by atoms with Crippen LogP contribution in [0.5, 0.6) is 0 Å². The summed E-state index contributed by atoms with van der Waals surface area (Å²) in [5.41, 5.74) is 1.36. The molecule has 3 heteroatoms. The molecule has 0 aliphatic carbocycles. The Balaban J connectivity index is 1.49. The normalized spacial score (nSPS) is 15.9. The van der Waals surface area contributed by atoms with Crippen LogP contribution >= 0.6 is 0 Å². The van der Waals surface area contributed by atoms with Gasteiger partial charge in [0, 0.05) is 13.0 Å². The number of aliphatic hydroxyl groups is 1. The van der Waals surface area contributed by atoms with Crippen LogP contribution in [0.4, 0.5) is 0 Å². The molecule has 0 bridgehead atoms. The van der Waals surface area contributed by atoms with Crippen LogP contribution < -0.4 is 5.32 Å². The highest BCUT2D eigenvalue weighted by Gasteiger charge is 2.30. The van der Waals surface area contributed by atoms with Gasteiger partial charge in [0.2, 0.25) is 5.84 Å². The lowest BCUT2D eigenvalue weighted by atomic mass is 10.0. The molecule has 1 unspecified atom stereocenters. The first-order chi connectivity index (χ1) is 16.3. The summed E-state index contributed by atoms with van der Waals surface area (Å²) < 4.78 is 2.55. The van der Waals surface area contributed by atoms with Crippen molar-refractivity contribution in [2.24, 2.45) is 0 Å². The number of benzene rings is 1. The number of nitrogens with one attached hydrogen (secondary N) is 1. The lowest BCUT2D eigenvalue weighted by molar-refractivity contribution is -0.558. The van der Waals surface area contributed by atoms with Crippen LogP contribution in [0.15, 0.2) is 30.3 Å². The third-order valence-corrected chi connectivity index (χ3v) is 7.26. The largest absolute Gasteiger partial charge is 0.396 e. The molecule has 1 heterocycles. The third kappa shape index (κ3) is 12.6. The molecule has 33 heavy (non-hydrogen) atoms. The van der Waals surface area contributed by atoms with Gasteiger partial charge in [-0.05, 0) is 18.4 Å². The van der Waals surface area contributed by atoms with Crippen LogP contribution in [0, 0.1) is 0 Å². The Hall–Kier alpha value is -1.35. The van der Waals surface area contributed by atoms with Gasteiger partial charge in [-0.2, -0.15) is 0 Å². The fourth-order valence-electron chi connectivity index (χ4n) is 5.18. The maximum absolute atomic E-state index is 9.47. The maximum Gasteiger partial charge on any atom is 0.249 e. The van der Waals surface area contributed by atoms with Crippen LogP contribution in [0.2, 0.25) is 0 Å². The van der Waals surface area contributed by atoms with E-state index in [2.05, 4.69) is 47.1 Å². The van der Waals surface area contributed by atoms with Gasteiger partial charge in [-0.3, -0.25) is 9.89 Å². The maximum atomic E-state index is 9.47. The fraction of sp³-hybridized carbons (Fsp3) is 0.767. The first-order valence-corrected chi connectivity index (χ1v) is 14.4. The van der Waals surface area contributed by atoms with Crippen LogP contribution in [-0.2, 0) is 6.42 Å². The molecule has 0 aromatic heterocycles. The highest BCUT2D eigenvalue weighted by atomic mass is 16.3. The third-order valence-electron chi connectivity index (χ3n) is 7.26. The molecule has 3 nitrogen and oxygen atoms in total. The second-order valence-electron chi connectivity index (χ2n) is 10.2. The lowest BCUT2D eigenvalue weighted by Crippen LogP contribution is -2.29. The van der Waals surface area contributed by atoms with Gasteiger partial charge < -0.3 is 5.11 Å². The predicted octanol–water partition coefficient (Wildman–Crippen LogP) is 7.26. The average Bonchev–Trinajstić information content (AvgIpc) is 3.20. The summed E-state index contributed by atoms with van der Waals surface area (Å²) in [6.45, 7) is 4.67. The fourth-order valence-corrected chi connectivity index (χ4v) is 5.18. The van der Waals surface area contributed by atoms with Crippen LogP contribution in [0.1, 0.15) is 122 Å². The summed E-state index contributed by atoms with van der Waals surface area (Å²) in [6.07, 6.45) is 24.5. The van der Waals surface area contributed by atoms with Crippen LogP contribution in [-0.4, -0.2) is 41.3 Å². The number of rotatable bonds is 21. The Morgan fingerprint density at radius 1 is 0.758 bits per heavy atom. The molecule has 0 spiro atoms. The molecule has 0 radical (unpaired) electrons. The van der Waals surface area contributed by atoms with Crippen molar-refractivity contribution < 1.29 is 9.68 Å². The molecule has 0 saturated heterocycles. The van der Waals surface area contributed by atoms with Crippen molar-refractivity contribution in [1.29, 1.82) is 0 Å². The Bertz CT molecular complexity index is 613. The molecule has 188 valence electrons. The van der Waals surface area contributed by atoms with Gasteiger partial charge >= 0.3 is 0 Å². The summed E-state index contributed by atoms with van der Waals surface area (Å²) in [5, 5.41) is 13.1. The zero-order valence-electron chi connectivity index (χ0n) is 21.7. The quantitative estimate of drug-likeness (QED) is 0.150. The van der Waals surface area contributed by atoms with Crippen molar-refractivity contribution in [3.8, 4) is 0 Å². The highest BCUT2D eigenvalue weighted by Crippen LogP contribution is 2.15. The molecule has 1 aliphatic rings. The van der Waals surface area contributed by atoms with Crippen molar-refractivity contribution in [2.75, 3.05) is 19.7 Å². The van der Waals surface area contributed by atoms with Gasteiger partial charge in [0.25, 0.3) is 0 Å². The van der Waals surface area contributed by atoms with E-state index in [9.17, 15) is 5.11 Å². The summed E-state index contributed by atoms with van der Waals surface area (Å²) >= 11 is 0. The molecule has 1 aromatic carbocycles. The minimum absolute atomic E-state index is 0.278. The van der Waals surface area contributed by atoms with Crippen molar-refractivity contribution >= 4 is 5.84 Å². The summed E-state index contributed by atoms with van der Waals surface area (Å²) in [7, 11) is 0. The topological polar surface area (TPSA) is 35.3 Å². The van der Waals surface area contributed by atoms with Crippen LogP contribution in [0.3, 0.4) is 0 Å². The first-order valence-electron chi connectivity index (χ1n) is 14.4. The van der Waals surface area contributed by atoms with Crippen LogP contribution in [0.25, 0.3) is 0 Å². The van der Waals surface area contributed by atoms with Gasteiger partial charge in [0.1, 0.15) is 12.6 Å². The predicted molar refractivity (Wildman–Crippen MR) is 143 cm³/mol. The monoisotopic (exact) mass is 457 g/mol. The second-order valence-corrected chi connectivity index (χ2v) is 10.2. The van der Waals surface area contributed by atoms with Gasteiger partial charge in [-0.15, -0.1) is 0 Å². The summed E-state index contributed by atoms with van der Waals surface area (Å²) in [6, 6.07) is 11.2. The SMILES string of the molecule is CCCCCCCCCCCCCCCCCC[N+]1=C(Cc2ccccc2)NCC1CCO. The molecular formula is C30H53N2O+. The Morgan fingerprint density at radius 3 is 1.79 bits per heavy atom. The summed E-state index contributed by atoms with van der Waals surface area (Å²) in [4.78, 5) is 0. The molecule has 1 aliphatic heterocycles. The van der Waals surface area contributed by atoms with Crippen molar-refractivity contribution in [3.05, 3.63) is 35.9 Å². The summed E-state index contributed by atoms with van der Waals surface area (Å²) in [5.74, 6) is 1.35. The second kappa shape index (κ2) is 19.0. The average molecular weight is 458 g/mol. The molecule has 0 fully saturated rings.